The fourth-order valence-electron chi connectivity index (χ4n) is 3.97. The molecule has 0 saturated carbocycles. The molecule has 36 heavy (non-hydrogen) atoms. The average molecular weight is 508 g/mol. The molecule has 0 bridgehead atoms. The highest BCUT2D eigenvalue weighted by molar-refractivity contribution is 7.92. The molecule has 0 unspecified atom stereocenters. The van der Waals surface area contributed by atoms with Gasteiger partial charge in [0.15, 0.2) is 0 Å². The molecule has 0 aromatic heterocycles. The average Bonchev–Trinajstić information content (AvgIpc) is 2.88. The molecule has 3 rings (SSSR count). The highest BCUT2D eigenvalue weighted by Gasteiger charge is 2.29. The third-order valence-electron chi connectivity index (χ3n) is 6.02. The summed E-state index contributed by atoms with van der Waals surface area (Å²) in [7, 11) is -4.04. The van der Waals surface area contributed by atoms with Gasteiger partial charge in [-0.25, -0.2) is 8.42 Å². The number of nitrogens with one attached hydrogen (secondary N) is 1. The minimum atomic E-state index is -4.04. The van der Waals surface area contributed by atoms with E-state index < -0.39 is 22.5 Å². The van der Waals surface area contributed by atoms with Gasteiger partial charge in [0.1, 0.15) is 6.54 Å². The van der Waals surface area contributed by atoms with Crippen LogP contribution in [0.1, 0.15) is 42.3 Å². The van der Waals surface area contributed by atoms with E-state index >= 15 is 0 Å². The summed E-state index contributed by atoms with van der Waals surface area (Å²) in [5.74, 6) is -0.743. The van der Waals surface area contributed by atoms with Crippen molar-refractivity contribution >= 4 is 33.2 Å². The first kappa shape index (κ1) is 26.9. The van der Waals surface area contributed by atoms with Crippen molar-refractivity contribution in [2.75, 3.05) is 29.3 Å². The molecular formula is C28H33N3O4S. The standard InChI is InChI=1S/C28H33N3O4S/c1-5-22-12-8-11-15-26(22)31(36(34,35)23-18-16-21(4)17-19-23)20-27(32)29-25-14-10-9-13-24(25)28(33)30(6-2)7-3/h8-19H,5-7,20H2,1-4H3,(H,29,32). The van der Waals surface area contributed by atoms with Crippen LogP contribution in [0.4, 0.5) is 11.4 Å². The number of hydrogen-bond acceptors (Lipinski definition) is 4. The Morgan fingerprint density at radius 2 is 1.44 bits per heavy atom. The van der Waals surface area contributed by atoms with Gasteiger partial charge in [0.25, 0.3) is 15.9 Å². The molecule has 0 aliphatic rings. The highest BCUT2D eigenvalue weighted by atomic mass is 32.2. The molecule has 0 spiro atoms. The molecule has 190 valence electrons. The van der Waals surface area contributed by atoms with Gasteiger partial charge in [0, 0.05) is 13.1 Å². The number of para-hydroxylation sites is 2. The summed E-state index contributed by atoms with van der Waals surface area (Å²) in [6.45, 7) is 8.22. The summed E-state index contributed by atoms with van der Waals surface area (Å²) >= 11 is 0. The molecule has 0 aliphatic heterocycles. The molecule has 3 aromatic carbocycles. The smallest absolute Gasteiger partial charge is 0.264 e. The fraction of sp³-hybridized carbons (Fsp3) is 0.286. The van der Waals surface area contributed by atoms with E-state index in [4.69, 9.17) is 0 Å². The Labute approximate surface area is 213 Å². The quantitative estimate of drug-likeness (QED) is 0.424. The van der Waals surface area contributed by atoms with Crippen molar-refractivity contribution in [2.24, 2.45) is 0 Å². The molecule has 7 nitrogen and oxygen atoms in total. The Hall–Kier alpha value is -3.65. The second-order valence-corrected chi connectivity index (χ2v) is 10.2. The van der Waals surface area contributed by atoms with Gasteiger partial charge in [-0.15, -0.1) is 0 Å². The maximum Gasteiger partial charge on any atom is 0.264 e. The Kier molecular flexibility index (Phi) is 8.88. The number of benzene rings is 3. The number of carbonyl (C=O) groups is 2. The number of rotatable bonds is 10. The first-order chi connectivity index (χ1) is 17.2. The Balaban J connectivity index is 1.98. The minimum absolute atomic E-state index is 0.101. The first-order valence-electron chi connectivity index (χ1n) is 12.1. The molecule has 0 aliphatic carbocycles. The highest BCUT2D eigenvalue weighted by Crippen LogP contribution is 2.28. The van der Waals surface area contributed by atoms with Crippen LogP contribution in [0.25, 0.3) is 0 Å². The lowest BCUT2D eigenvalue weighted by Gasteiger charge is -2.26. The lowest BCUT2D eigenvalue weighted by atomic mass is 10.1. The van der Waals surface area contributed by atoms with Crippen molar-refractivity contribution in [3.8, 4) is 0 Å². The predicted octanol–water partition coefficient (Wildman–Crippen LogP) is 4.87. The SMILES string of the molecule is CCc1ccccc1N(CC(=O)Nc1ccccc1C(=O)N(CC)CC)S(=O)(=O)c1ccc(C)cc1. The maximum atomic E-state index is 13.7. The molecule has 0 fully saturated rings. The largest absolute Gasteiger partial charge is 0.339 e. The van der Waals surface area contributed by atoms with Crippen molar-refractivity contribution in [3.63, 3.8) is 0 Å². The minimum Gasteiger partial charge on any atom is -0.339 e. The molecule has 0 saturated heterocycles. The Bertz CT molecular complexity index is 1320. The van der Waals surface area contributed by atoms with E-state index in [1.165, 1.54) is 0 Å². The van der Waals surface area contributed by atoms with Crippen molar-refractivity contribution in [2.45, 2.75) is 39.0 Å². The lowest BCUT2D eigenvalue weighted by Crippen LogP contribution is -2.39. The van der Waals surface area contributed by atoms with Gasteiger partial charge in [-0.3, -0.25) is 13.9 Å². The molecule has 3 aromatic rings. The molecule has 2 amide bonds. The second-order valence-electron chi connectivity index (χ2n) is 8.38. The summed E-state index contributed by atoms with van der Waals surface area (Å²) in [6, 6.07) is 20.5. The monoisotopic (exact) mass is 507 g/mol. The van der Waals surface area contributed by atoms with Crippen LogP contribution in [0.5, 0.6) is 0 Å². The summed E-state index contributed by atoms with van der Waals surface area (Å²) in [4.78, 5) is 28.0. The van der Waals surface area contributed by atoms with E-state index in [1.807, 2.05) is 39.8 Å². The van der Waals surface area contributed by atoms with E-state index in [9.17, 15) is 18.0 Å². The molecule has 0 atom stereocenters. The lowest BCUT2D eigenvalue weighted by molar-refractivity contribution is -0.114. The van der Waals surface area contributed by atoms with Gasteiger partial charge in [-0.05, 0) is 63.1 Å². The van der Waals surface area contributed by atoms with Crippen molar-refractivity contribution in [1.29, 1.82) is 0 Å². The third-order valence-corrected chi connectivity index (χ3v) is 7.79. The summed E-state index contributed by atoms with van der Waals surface area (Å²) in [5.41, 5.74) is 2.88. The molecule has 0 heterocycles. The number of nitrogens with zero attached hydrogens (tertiary/aromatic N) is 2. The fourth-order valence-corrected chi connectivity index (χ4v) is 5.43. The van der Waals surface area contributed by atoms with E-state index in [2.05, 4.69) is 5.32 Å². The Morgan fingerprint density at radius 3 is 2.08 bits per heavy atom. The van der Waals surface area contributed by atoms with Crippen molar-refractivity contribution < 1.29 is 18.0 Å². The number of aryl methyl sites for hydroxylation is 2. The van der Waals surface area contributed by atoms with Crippen LogP contribution in [0, 0.1) is 6.92 Å². The van der Waals surface area contributed by atoms with Crippen LogP contribution in [0.15, 0.2) is 77.7 Å². The zero-order valence-electron chi connectivity index (χ0n) is 21.2. The number of carbonyl (C=O) groups excluding carboxylic acids is 2. The number of hydrogen-bond donors (Lipinski definition) is 1. The van der Waals surface area contributed by atoms with E-state index in [0.717, 1.165) is 15.4 Å². The van der Waals surface area contributed by atoms with Crippen LogP contribution in [0.3, 0.4) is 0 Å². The van der Waals surface area contributed by atoms with E-state index in [1.54, 1.807) is 65.6 Å². The number of amides is 2. The summed E-state index contributed by atoms with van der Waals surface area (Å²) in [5, 5.41) is 2.77. The van der Waals surface area contributed by atoms with E-state index in [-0.39, 0.29) is 10.8 Å². The maximum absolute atomic E-state index is 13.7. The van der Waals surface area contributed by atoms with Gasteiger partial charge in [-0.1, -0.05) is 55.0 Å². The summed E-state index contributed by atoms with van der Waals surface area (Å²) < 4.78 is 28.6. The number of sulfonamides is 1. The zero-order chi connectivity index (χ0) is 26.3. The second kappa shape index (κ2) is 11.9. The Morgan fingerprint density at radius 1 is 0.833 bits per heavy atom. The van der Waals surface area contributed by atoms with Crippen LogP contribution < -0.4 is 9.62 Å². The van der Waals surface area contributed by atoms with Gasteiger partial charge in [0.05, 0.1) is 21.8 Å². The van der Waals surface area contributed by atoms with Gasteiger partial charge >= 0.3 is 0 Å². The van der Waals surface area contributed by atoms with Gasteiger partial charge in [-0.2, -0.15) is 0 Å². The third kappa shape index (κ3) is 5.94. The number of anilines is 2. The molecular weight excluding hydrogens is 474 g/mol. The zero-order valence-corrected chi connectivity index (χ0v) is 22.0. The van der Waals surface area contributed by atoms with Crippen LogP contribution in [-0.4, -0.2) is 44.8 Å². The van der Waals surface area contributed by atoms with Crippen LogP contribution >= 0.6 is 0 Å². The first-order valence-corrected chi connectivity index (χ1v) is 13.5. The van der Waals surface area contributed by atoms with Gasteiger partial charge < -0.3 is 10.2 Å². The van der Waals surface area contributed by atoms with Crippen molar-refractivity contribution in [3.05, 3.63) is 89.5 Å². The normalized spacial score (nSPS) is 11.1. The van der Waals surface area contributed by atoms with Crippen LogP contribution in [0.2, 0.25) is 0 Å². The summed E-state index contributed by atoms with van der Waals surface area (Å²) in [6.07, 6.45) is 0.596. The van der Waals surface area contributed by atoms with Gasteiger partial charge in [0.2, 0.25) is 5.91 Å². The molecule has 1 N–H and O–H groups in total. The molecule has 0 radical (unpaired) electrons. The van der Waals surface area contributed by atoms with Crippen molar-refractivity contribution in [1.82, 2.24) is 4.90 Å². The predicted molar refractivity (Wildman–Crippen MR) is 144 cm³/mol. The molecule has 8 heteroatoms. The topological polar surface area (TPSA) is 86.8 Å². The van der Waals surface area contributed by atoms with E-state index in [0.29, 0.717) is 36.4 Å². The van der Waals surface area contributed by atoms with Crippen LogP contribution in [-0.2, 0) is 21.2 Å².